The summed E-state index contributed by atoms with van der Waals surface area (Å²) in [5.74, 6) is 0.228. The molecule has 0 N–H and O–H groups in total. The molecule has 5 rings (SSSR count). The van der Waals surface area contributed by atoms with Crippen LogP contribution in [0.4, 0.5) is 0 Å². The van der Waals surface area contributed by atoms with Crippen molar-refractivity contribution in [3.05, 3.63) is 65.7 Å². The summed E-state index contributed by atoms with van der Waals surface area (Å²) in [4.78, 5) is 6.78. The van der Waals surface area contributed by atoms with Crippen LogP contribution in [-0.2, 0) is 21.4 Å². The zero-order chi connectivity index (χ0) is 19.5. The molecule has 1 aliphatic carbocycles. The summed E-state index contributed by atoms with van der Waals surface area (Å²) in [6.07, 6.45) is 2.04. The number of nitrogens with zero attached hydrogens (tertiary/aromatic N) is 2. The molecule has 0 bridgehead atoms. The number of hydrogen-bond acceptors (Lipinski definition) is 4. The van der Waals surface area contributed by atoms with Gasteiger partial charge in [-0.05, 0) is 44.4 Å². The minimum atomic E-state index is -3.51. The maximum Gasteiger partial charge on any atom is 0.243 e. The predicted molar refractivity (Wildman–Crippen MR) is 107 cm³/mol. The Labute approximate surface area is 166 Å². The van der Waals surface area contributed by atoms with Crippen LogP contribution < -0.4 is 0 Å². The second-order valence-corrected chi connectivity index (χ2v) is 10.3. The Balaban J connectivity index is 1.44. The van der Waals surface area contributed by atoms with Gasteiger partial charge in [0.05, 0.1) is 16.5 Å². The van der Waals surface area contributed by atoms with Gasteiger partial charge in [0.1, 0.15) is 0 Å². The van der Waals surface area contributed by atoms with Crippen molar-refractivity contribution in [3.63, 3.8) is 0 Å². The summed E-state index contributed by atoms with van der Waals surface area (Å²) < 4.78 is 28.4. The van der Waals surface area contributed by atoms with E-state index < -0.39 is 10.0 Å². The average molecular weight is 399 g/mol. The zero-order valence-corrected chi connectivity index (χ0v) is 17.1. The van der Waals surface area contributed by atoms with E-state index in [2.05, 4.69) is 17.2 Å². The highest BCUT2D eigenvalue weighted by Gasteiger charge is 2.67. The van der Waals surface area contributed by atoms with Crippen LogP contribution in [0.1, 0.15) is 30.9 Å². The maximum atomic E-state index is 13.4. The number of aryl methyl sites for hydroxylation is 1. The van der Waals surface area contributed by atoms with Crippen LogP contribution in [-0.4, -0.2) is 42.0 Å². The van der Waals surface area contributed by atoms with Crippen molar-refractivity contribution in [2.45, 2.75) is 55.8 Å². The Kier molecular flexibility index (Phi) is 4.18. The van der Waals surface area contributed by atoms with Crippen molar-refractivity contribution >= 4 is 10.0 Å². The van der Waals surface area contributed by atoms with Gasteiger partial charge in [0, 0.05) is 25.0 Å². The Bertz CT molecular complexity index is 971. The molecule has 148 valence electrons. The molecule has 2 aromatic rings. The molecule has 1 saturated carbocycles. The molecule has 0 unspecified atom stereocenters. The number of fused-ring (bicyclic) bond motifs is 2. The van der Waals surface area contributed by atoms with Crippen molar-refractivity contribution in [2.75, 3.05) is 6.54 Å². The van der Waals surface area contributed by atoms with E-state index in [4.69, 9.17) is 4.84 Å². The molecule has 3 aliphatic rings. The van der Waals surface area contributed by atoms with Gasteiger partial charge in [0.25, 0.3) is 0 Å². The number of sulfonamides is 1. The van der Waals surface area contributed by atoms with Crippen molar-refractivity contribution in [1.82, 2.24) is 9.37 Å². The van der Waals surface area contributed by atoms with Gasteiger partial charge in [-0.1, -0.05) is 48.0 Å². The van der Waals surface area contributed by atoms with E-state index in [0.29, 0.717) is 18.0 Å². The normalized spacial score (nSPS) is 29.3. The Morgan fingerprint density at radius 2 is 1.75 bits per heavy atom. The van der Waals surface area contributed by atoms with Crippen LogP contribution in [0.15, 0.2) is 59.5 Å². The lowest BCUT2D eigenvalue weighted by Crippen LogP contribution is -2.43. The SMILES string of the molecule is Cc1ccc(S(=O)(=O)N2C[C@H]3[C@@H]([C@@H]2C)N(Cc2ccccc2)OC32CC2)cc1. The molecule has 2 aromatic carbocycles. The predicted octanol–water partition coefficient (Wildman–Crippen LogP) is 3.35. The summed E-state index contributed by atoms with van der Waals surface area (Å²) in [6, 6.07) is 17.4. The summed E-state index contributed by atoms with van der Waals surface area (Å²) in [6.45, 7) is 5.22. The van der Waals surface area contributed by atoms with Gasteiger partial charge >= 0.3 is 0 Å². The molecule has 3 fully saturated rings. The lowest BCUT2D eigenvalue weighted by atomic mass is 9.93. The van der Waals surface area contributed by atoms with Gasteiger partial charge < -0.3 is 0 Å². The van der Waals surface area contributed by atoms with E-state index in [1.54, 1.807) is 16.4 Å². The van der Waals surface area contributed by atoms with E-state index in [-0.39, 0.29) is 23.6 Å². The van der Waals surface area contributed by atoms with Gasteiger partial charge in [-0.25, -0.2) is 8.42 Å². The van der Waals surface area contributed by atoms with Gasteiger partial charge in [-0.2, -0.15) is 9.37 Å². The van der Waals surface area contributed by atoms with E-state index in [9.17, 15) is 8.42 Å². The third kappa shape index (κ3) is 2.82. The van der Waals surface area contributed by atoms with Crippen LogP contribution >= 0.6 is 0 Å². The summed E-state index contributed by atoms with van der Waals surface area (Å²) in [7, 11) is -3.51. The monoisotopic (exact) mass is 398 g/mol. The van der Waals surface area contributed by atoms with Crippen LogP contribution in [0.3, 0.4) is 0 Å². The fraction of sp³-hybridized carbons (Fsp3) is 0.455. The standard InChI is InChI=1S/C22H26N2O3S/c1-16-8-10-19(11-9-16)28(25,26)24-15-20-21(17(24)2)23(27-22(20)12-13-22)14-18-6-4-3-5-7-18/h3-11,17,20-21H,12-15H2,1-2H3/t17-,20-,21+/m0/s1. The quantitative estimate of drug-likeness (QED) is 0.793. The Morgan fingerprint density at radius 1 is 1.07 bits per heavy atom. The fourth-order valence-electron chi connectivity index (χ4n) is 4.90. The first kappa shape index (κ1) is 18.3. The average Bonchev–Trinajstić information content (AvgIpc) is 3.27. The lowest BCUT2D eigenvalue weighted by Gasteiger charge is -2.29. The van der Waals surface area contributed by atoms with Crippen LogP contribution in [0, 0.1) is 12.8 Å². The third-order valence-corrected chi connectivity index (χ3v) is 8.56. The summed E-state index contributed by atoms with van der Waals surface area (Å²) in [5, 5.41) is 2.06. The first-order valence-electron chi connectivity index (χ1n) is 9.99. The molecular formula is C22H26N2O3S. The molecule has 5 nitrogen and oxygen atoms in total. The van der Waals surface area contributed by atoms with Crippen molar-refractivity contribution in [3.8, 4) is 0 Å². The second-order valence-electron chi connectivity index (χ2n) is 8.44. The van der Waals surface area contributed by atoms with Crippen molar-refractivity contribution in [1.29, 1.82) is 0 Å². The van der Waals surface area contributed by atoms with E-state index in [1.165, 1.54) is 5.56 Å². The van der Waals surface area contributed by atoms with Gasteiger partial charge in [-0.15, -0.1) is 0 Å². The van der Waals surface area contributed by atoms with E-state index in [1.807, 2.05) is 44.2 Å². The molecule has 2 aliphatic heterocycles. The Morgan fingerprint density at radius 3 is 2.39 bits per heavy atom. The minimum Gasteiger partial charge on any atom is -0.291 e. The largest absolute Gasteiger partial charge is 0.291 e. The molecule has 6 heteroatoms. The first-order valence-corrected chi connectivity index (χ1v) is 11.4. The number of hydrogen-bond donors (Lipinski definition) is 0. The molecule has 2 saturated heterocycles. The first-order chi connectivity index (χ1) is 13.4. The Hall–Kier alpha value is -1.73. The van der Waals surface area contributed by atoms with Crippen LogP contribution in [0.2, 0.25) is 0 Å². The summed E-state index contributed by atoms with van der Waals surface area (Å²) >= 11 is 0. The molecular weight excluding hydrogens is 372 g/mol. The molecule has 0 radical (unpaired) electrons. The number of rotatable bonds is 4. The molecule has 28 heavy (non-hydrogen) atoms. The van der Waals surface area contributed by atoms with Gasteiger partial charge in [-0.3, -0.25) is 4.84 Å². The highest BCUT2D eigenvalue weighted by atomic mass is 32.2. The summed E-state index contributed by atoms with van der Waals surface area (Å²) in [5.41, 5.74) is 2.08. The second kappa shape index (κ2) is 6.39. The maximum absolute atomic E-state index is 13.4. The third-order valence-electron chi connectivity index (χ3n) is 6.60. The van der Waals surface area contributed by atoms with Crippen LogP contribution in [0.5, 0.6) is 0 Å². The van der Waals surface area contributed by atoms with E-state index in [0.717, 1.165) is 18.4 Å². The minimum absolute atomic E-state index is 0.0860. The highest BCUT2D eigenvalue weighted by molar-refractivity contribution is 7.89. The van der Waals surface area contributed by atoms with Crippen molar-refractivity contribution in [2.24, 2.45) is 5.92 Å². The molecule has 0 amide bonds. The van der Waals surface area contributed by atoms with Gasteiger partial charge in [0.15, 0.2) is 0 Å². The number of hydroxylamine groups is 2. The smallest absolute Gasteiger partial charge is 0.243 e. The highest BCUT2D eigenvalue weighted by Crippen LogP contribution is 2.57. The van der Waals surface area contributed by atoms with E-state index >= 15 is 0 Å². The molecule has 2 heterocycles. The van der Waals surface area contributed by atoms with Gasteiger partial charge in [0.2, 0.25) is 10.0 Å². The lowest BCUT2D eigenvalue weighted by molar-refractivity contribution is -0.187. The fourth-order valence-corrected chi connectivity index (χ4v) is 6.57. The molecule has 0 aromatic heterocycles. The molecule has 3 atom stereocenters. The zero-order valence-electron chi connectivity index (χ0n) is 16.3. The van der Waals surface area contributed by atoms with Crippen LogP contribution in [0.25, 0.3) is 0 Å². The molecule has 1 spiro atoms. The number of benzene rings is 2. The topological polar surface area (TPSA) is 49.9 Å². The van der Waals surface area contributed by atoms with Crippen molar-refractivity contribution < 1.29 is 13.3 Å².